The van der Waals surface area contributed by atoms with E-state index in [-0.39, 0.29) is 5.82 Å². The first kappa shape index (κ1) is 23.8. The van der Waals surface area contributed by atoms with E-state index in [1.165, 1.54) is 68.1 Å². The van der Waals surface area contributed by atoms with Gasteiger partial charge in [0.25, 0.3) is 0 Å². The van der Waals surface area contributed by atoms with Gasteiger partial charge in [0.15, 0.2) is 0 Å². The molecule has 1 atom stereocenters. The molecule has 5 rings (SSSR count). The third-order valence-corrected chi connectivity index (χ3v) is 9.59. The van der Waals surface area contributed by atoms with Crippen LogP contribution in [0.5, 0.6) is 0 Å². The fourth-order valence-corrected chi connectivity index (χ4v) is 7.15. The lowest BCUT2D eigenvalue weighted by Gasteiger charge is -2.37. The van der Waals surface area contributed by atoms with Gasteiger partial charge in [0.2, 0.25) is 0 Å². The van der Waals surface area contributed by atoms with Crippen molar-refractivity contribution in [2.75, 3.05) is 0 Å². The van der Waals surface area contributed by atoms with Crippen molar-refractivity contribution in [2.24, 2.45) is 17.8 Å². The first-order chi connectivity index (χ1) is 16.6. The SMILES string of the molecule is CCc1ccc(C2CC=C(c3ccc(C4CCC(C5CCC(C)CC5)CC4)cc3)CC2)cc1F. The van der Waals surface area contributed by atoms with Gasteiger partial charge in [-0.05, 0) is 128 Å². The smallest absolute Gasteiger partial charge is 0.126 e. The molecule has 3 aliphatic carbocycles. The largest absolute Gasteiger partial charge is 0.207 e. The van der Waals surface area contributed by atoms with E-state index in [2.05, 4.69) is 43.3 Å². The summed E-state index contributed by atoms with van der Waals surface area (Å²) in [6.07, 6.45) is 17.9. The molecule has 0 radical (unpaired) electrons. The molecule has 3 aliphatic rings. The number of halogens is 1. The summed E-state index contributed by atoms with van der Waals surface area (Å²) in [5, 5.41) is 0. The Hall–Kier alpha value is -1.89. The second kappa shape index (κ2) is 10.8. The van der Waals surface area contributed by atoms with E-state index in [0.29, 0.717) is 5.92 Å². The Bertz CT molecular complexity index is 968. The predicted octanol–water partition coefficient (Wildman–Crippen LogP) is 9.84. The van der Waals surface area contributed by atoms with E-state index in [0.717, 1.165) is 54.9 Å². The minimum absolute atomic E-state index is 0.0345. The topological polar surface area (TPSA) is 0 Å². The van der Waals surface area contributed by atoms with Gasteiger partial charge in [-0.1, -0.05) is 69.2 Å². The predicted molar refractivity (Wildman–Crippen MR) is 143 cm³/mol. The van der Waals surface area contributed by atoms with E-state index in [1.54, 1.807) is 11.6 Å². The number of aryl methyl sites for hydroxylation is 1. The molecule has 2 aromatic rings. The van der Waals surface area contributed by atoms with Gasteiger partial charge in [-0.3, -0.25) is 0 Å². The van der Waals surface area contributed by atoms with Crippen molar-refractivity contribution in [3.8, 4) is 0 Å². The van der Waals surface area contributed by atoms with E-state index in [9.17, 15) is 4.39 Å². The Morgan fingerprint density at radius 3 is 1.97 bits per heavy atom. The van der Waals surface area contributed by atoms with Crippen LogP contribution in [0.4, 0.5) is 4.39 Å². The molecule has 34 heavy (non-hydrogen) atoms. The molecule has 1 heteroatoms. The fraction of sp³-hybridized carbons (Fsp3) is 0.576. The third-order valence-electron chi connectivity index (χ3n) is 9.59. The molecule has 0 spiro atoms. The number of benzene rings is 2. The summed E-state index contributed by atoms with van der Waals surface area (Å²) in [5.74, 6) is 4.15. The van der Waals surface area contributed by atoms with Crippen molar-refractivity contribution in [2.45, 2.75) is 103 Å². The van der Waals surface area contributed by atoms with Crippen LogP contribution in [0.2, 0.25) is 0 Å². The number of hydrogen-bond acceptors (Lipinski definition) is 0. The van der Waals surface area contributed by atoms with Crippen LogP contribution in [0.25, 0.3) is 5.57 Å². The number of rotatable bonds is 5. The van der Waals surface area contributed by atoms with Crippen molar-refractivity contribution in [3.63, 3.8) is 0 Å². The average molecular weight is 459 g/mol. The normalized spacial score (nSPS) is 30.1. The third kappa shape index (κ3) is 5.34. The van der Waals surface area contributed by atoms with Gasteiger partial charge in [-0.2, -0.15) is 0 Å². The summed E-state index contributed by atoms with van der Waals surface area (Å²) in [5.41, 5.74) is 6.41. The molecule has 0 heterocycles. The highest BCUT2D eigenvalue weighted by molar-refractivity contribution is 5.67. The summed E-state index contributed by atoms with van der Waals surface area (Å²) >= 11 is 0. The van der Waals surface area contributed by atoms with Crippen LogP contribution < -0.4 is 0 Å². The van der Waals surface area contributed by atoms with Crippen LogP contribution in [0, 0.1) is 23.6 Å². The van der Waals surface area contributed by atoms with E-state index in [1.807, 2.05) is 13.0 Å². The van der Waals surface area contributed by atoms with Gasteiger partial charge >= 0.3 is 0 Å². The lowest BCUT2D eigenvalue weighted by molar-refractivity contribution is 0.165. The van der Waals surface area contributed by atoms with E-state index in [4.69, 9.17) is 0 Å². The Labute approximate surface area is 207 Å². The van der Waals surface area contributed by atoms with Gasteiger partial charge in [0.05, 0.1) is 0 Å². The van der Waals surface area contributed by atoms with Crippen LogP contribution in [0.15, 0.2) is 48.5 Å². The monoisotopic (exact) mass is 458 g/mol. The highest BCUT2D eigenvalue weighted by atomic mass is 19.1. The lowest BCUT2D eigenvalue weighted by atomic mass is 9.68. The molecule has 0 N–H and O–H groups in total. The van der Waals surface area contributed by atoms with E-state index >= 15 is 0 Å². The number of allylic oxidation sites excluding steroid dienone is 2. The quantitative estimate of drug-likeness (QED) is 0.418. The van der Waals surface area contributed by atoms with Crippen molar-refractivity contribution in [1.29, 1.82) is 0 Å². The van der Waals surface area contributed by atoms with Crippen LogP contribution >= 0.6 is 0 Å². The summed E-state index contributed by atoms with van der Waals surface area (Å²) < 4.78 is 14.3. The van der Waals surface area contributed by atoms with Gasteiger partial charge in [0, 0.05) is 0 Å². The molecule has 0 bridgehead atoms. The molecule has 0 aliphatic heterocycles. The molecular formula is C33H43F. The minimum Gasteiger partial charge on any atom is -0.207 e. The maximum atomic E-state index is 14.3. The van der Waals surface area contributed by atoms with Crippen molar-refractivity contribution in [1.82, 2.24) is 0 Å². The molecule has 2 saturated carbocycles. The molecule has 2 aromatic carbocycles. The summed E-state index contributed by atoms with van der Waals surface area (Å²) in [6.45, 7) is 4.45. The molecule has 0 nitrogen and oxygen atoms in total. The maximum absolute atomic E-state index is 14.3. The van der Waals surface area contributed by atoms with Gasteiger partial charge in [-0.25, -0.2) is 4.39 Å². The highest BCUT2D eigenvalue weighted by Crippen LogP contribution is 2.44. The standard InChI is InChI=1S/C33H43F/c1-3-24-8-21-32(22-33(24)34)31-19-17-30(18-20-31)29-15-13-28(14-16-29)27-11-9-26(10-12-27)25-6-4-23(2)5-7-25/h8,13-17,21-23,25-27,31H,3-7,9-12,18-20H2,1-2H3. The Kier molecular flexibility index (Phi) is 7.57. The first-order valence-corrected chi connectivity index (χ1v) is 14.2. The molecule has 0 saturated heterocycles. The molecule has 1 unspecified atom stereocenters. The molecule has 2 fully saturated rings. The molecule has 182 valence electrons. The van der Waals surface area contributed by atoms with Gasteiger partial charge < -0.3 is 0 Å². The molecule has 0 aromatic heterocycles. The minimum atomic E-state index is -0.0345. The Morgan fingerprint density at radius 1 is 0.735 bits per heavy atom. The fourth-order valence-electron chi connectivity index (χ4n) is 7.15. The van der Waals surface area contributed by atoms with Gasteiger partial charge in [-0.15, -0.1) is 0 Å². The molecule has 0 amide bonds. The second-order valence-corrected chi connectivity index (χ2v) is 11.7. The van der Waals surface area contributed by atoms with Crippen LogP contribution in [-0.4, -0.2) is 0 Å². The highest BCUT2D eigenvalue weighted by Gasteiger charge is 2.30. The number of hydrogen-bond donors (Lipinski definition) is 0. The summed E-state index contributed by atoms with van der Waals surface area (Å²) in [4.78, 5) is 0. The van der Waals surface area contributed by atoms with E-state index < -0.39 is 0 Å². The average Bonchev–Trinajstić information content (AvgIpc) is 2.89. The first-order valence-electron chi connectivity index (χ1n) is 14.2. The summed E-state index contributed by atoms with van der Waals surface area (Å²) in [6, 6.07) is 15.5. The van der Waals surface area contributed by atoms with Crippen molar-refractivity contribution < 1.29 is 4.39 Å². The summed E-state index contributed by atoms with van der Waals surface area (Å²) in [7, 11) is 0. The van der Waals surface area contributed by atoms with Gasteiger partial charge in [0.1, 0.15) is 5.82 Å². The van der Waals surface area contributed by atoms with Crippen LogP contribution in [0.1, 0.15) is 119 Å². The second-order valence-electron chi connectivity index (χ2n) is 11.7. The Balaban J connectivity index is 1.15. The Morgan fingerprint density at radius 2 is 1.38 bits per heavy atom. The van der Waals surface area contributed by atoms with Crippen molar-refractivity contribution >= 4 is 5.57 Å². The van der Waals surface area contributed by atoms with Crippen LogP contribution in [0.3, 0.4) is 0 Å². The lowest BCUT2D eigenvalue weighted by Crippen LogP contribution is -2.24. The van der Waals surface area contributed by atoms with Crippen LogP contribution in [-0.2, 0) is 6.42 Å². The maximum Gasteiger partial charge on any atom is 0.126 e. The van der Waals surface area contributed by atoms with Crippen molar-refractivity contribution in [3.05, 3.63) is 76.6 Å². The molecular weight excluding hydrogens is 415 g/mol. The zero-order valence-electron chi connectivity index (χ0n) is 21.4. The zero-order valence-corrected chi connectivity index (χ0v) is 21.4. The zero-order chi connectivity index (χ0) is 23.5.